The third-order valence-corrected chi connectivity index (χ3v) is 3.82. The smallest absolute Gasteiger partial charge is 0.315 e. The lowest BCUT2D eigenvalue weighted by Crippen LogP contribution is -2.37. The van der Waals surface area contributed by atoms with Crippen molar-refractivity contribution in [2.24, 2.45) is 0 Å². The number of aliphatic hydroxyl groups is 1. The van der Waals surface area contributed by atoms with Crippen LogP contribution in [0.2, 0.25) is 0 Å². The van der Waals surface area contributed by atoms with Gasteiger partial charge in [0.1, 0.15) is 5.82 Å². The highest BCUT2D eigenvalue weighted by atomic mass is 19.1. The summed E-state index contributed by atoms with van der Waals surface area (Å²) in [5.74, 6) is -0.425. The van der Waals surface area contributed by atoms with Gasteiger partial charge in [-0.2, -0.15) is 0 Å². The summed E-state index contributed by atoms with van der Waals surface area (Å²) in [5, 5.41) is 15.4. The first-order valence-electron chi connectivity index (χ1n) is 8.59. The molecule has 5 nitrogen and oxygen atoms in total. The zero-order chi connectivity index (χ0) is 18.9. The van der Waals surface area contributed by atoms with Crippen molar-refractivity contribution in [1.82, 2.24) is 10.6 Å². The molecular formula is C20H25FN2O3. The fourth-order valence-corrected chi connectivity index (χ4v) is 2.39. The molecule has 0 saturated carbocycles. The molecule has 3 N–H and O–H groups in total. The van der Waals surface area contributed by atoms with Crippen molar-refractivity contribution in [1.29, 1.82) is 0 Å². The minimum Gasteiger partial charge on any atom is -0.387 e. The first kappa shape index (κ1) is 19.9. The summed E-state index contributed by atoms with van der Waals surface area (Å²) in [5.41, 5.74) is 2.40. The molecule has 2 rings (SSSR count). The topological polar surface area (TPSA) is 70.6 Å². The fraction of sp³-hybridized carbons (Fsp3) is 0.350. The van der Waals surface area contributed by atoms with Crippen molar-refractivity contribution in [3.8, 4) is 0 Å². The van der Waals surface area contributed by atoms with Gasteiger partial charge < -0.3 is 20.5 Å². The lowest BCUT2D eigenvalue weighted by molar-refractivity contribution is 0.0652. The standard InChI is InChI=1S/C20H25FN2O3/c1-14(2)26-13-17-7-4-3-6-16(17)11-22-20(25)23-12-19(24)15-8-5-9-18(21)10-15/h3-10,14,19,24H,11-13H2,1-2H3,(H2,22,23,25). The third kappa shape index (κ3) is 6.46. The highest BCUT2D eigenvalue weighted by molar-refractivity contribution is 5.73. The molecule has 0 bridgehead atoms. The Hall–Kier alpha value is -2.44. The van der Waals surface area contributed by atoms with Crippen LogP contribution in [0.4, 0.5) is 9.18 Å². The second-order valence-electron chi connectivity index (χ2n) is 6.26. The van der Waals surface area contributed by atoms with Crippen LogP contribution in [0.3, 0.4) is 0 Å². The molecule has 6 heteroatoms. The van der Waals surface area contributed by atoms with Crippen molar-refractivity contribution < 1.29 is 19.0 Å². The number of carbonyl (C=O) groups is 1. The monoisotopic (exact) mass is 360 g/mol. The van der Waals surface area contributed by atoms with Gasteiger partial charge in [0.05, 0.1) is 18.8 Å². The summed E-state index contributed by atoms with van der Waals surface area (Å²) in [6.07, 6.45) is -0.841. The Kier molecular flexibility index (Phi) is 7.56. The Morgan fingerprint density at radius 1 is 1.12 bits per heavy atom. The van der Waals surface area contributed by atoms with Crippen LogP contribution < -0.4 is 10.6 Å². The Morgan fingerprint density at radius 3 is 2.54 bits per heavy atom. The van der Waals surface area contributed by atoms with Gasteiger partial charge in [-0.05, 0) is 42.7 Å². The van der Waals surface area contributed by atoms with Gasteiger partial charge >= 0.3 is 6.03 Å². The van der Waals surface area contributed by atoms with Gasteiger partial charge in [-0.3, -0.25) is 0 Å². The average Bonchev–Trinajstić information content (AvgIpc) is 2.63. The minimum atomic E-state index is -0.969. The van der Waals surface area contributed by atoms with Crippen LogP contribution >= 0.6 is 0 Å². The van der Waals surface area contributed by atoms with E-state index in [0.717, 1.165) is 11.1 Å². The first-order chi connectivity index (χ1) is 12.5. The molecule has 0 radical (unpaired) electrons. The molecule has 140 valence electrons. The van der Waals surface area contributed by atoms with Crippen LogP contribution in [0.5, 0.6) is 0 Å². The number of urea groups is 1. The Bertz CT molecular complexity index is 722. The largest absolute Gasteiger partial charge is 0.387 e. The minimum absolute atomic E-state index is 0.00655. The molecule has 0 aromatic heterocycles. The number of halogens is 1. The maximum absolute atomic E-state index is 13.2. The van der Waals surface area contributed by atoms with E-state index in [9.17, 15) is 14.3 Å². The molecule has 2 amide bonds. The number of ether oxygens (including phenoxy) is 1. The van der Waals surface area contributed by atoms with Gasteiger partial charge in [0.25, 0.3) is 0 Å². The molecule has 0 fully saturated rings. The molecule has 0 aliphatic heterocycles. The Balaban J connectivity index is 1.82. The molecule has 0 aliphatic rings. The molecule has 0 saturated heterocycles. The first-order valence-corrected chi connectivity index (χ1v) is 8.59. The second-order valence-corrected chi connectivity index (χ2v) is 6.26. The van der Waals surface area contributed by atoms with E-state index in [1.165, 1.54) is 18.2 Å². The number of hydrogen-bond acceptors (Lipinski definition) is 3. The number of carbonyl (C=O) groups excluding carboxylic acids is 1. The van der Waals surface area contributed by atoms with Gasteiger partial charge in [0.2, 0.25) is 0 Å². The highest BCUT2D eigenvalue weighted by Crippen LogP contribution is 2.13. The number of aliphatic hydroxyl groups excluding tert-OH is 1. The maximum atomic E-state index is 13.2. The van der Waals surface area contributed by atoms with E-state index in [0.29, 0.717) is 18.7 Å². The van der Waals surface area contributed by atoms with E-state index in [1.807, 2.05) is 38.1 Å². The van der Waals surface area contributed by atoms with Gasteiger partial charge in [-0.1, -0.05) is 36.4 Å². The predicted molar refractivity (Wildman–Crippen MR) is 98.0 cm³/mol. The van der Waals surface area contributed by atoms with E-state index in [-0.39, 0.29) is 12.6 Å². The zero-order valence-electron chi connectivity index (χ0n) is 15.0. The number of nitrogens with one attached hydrogen (secondary N) is 2. The summed E-state index contributed by atoms with van der Waals surface area (Å²) in [4.78, 5) is 12.0. The van der Waals surface area contributed by atoms with Crippen molar-refractivity contribution >= 4 is 6.03 Å². The van der Waals surface area contributed by atoms with Crippen LogP contribution in [-0.2, 0) is 17.9 Å². The summed E-state index contributed by atoms with van der Waals surface area (Å²) in [6, 6.07) is 13.0. The van der Waals surface area contributed by atoms with Crippen LogP contribution in [0, 0.1) is 5.82 Å². The lowest BCUT2D eigenvalue weighted by atomic mass is 10.1. The molecule has 0 aliphatic carbocycles. The summed E-state index contributed by atoms with van der Waals surface area (Å²) in [7, 11) is 0. The number of amides is 2. The molecular weight excluding hydrogens is 335 g/mol. The zero-order valence-corrected chi connectivity index (χ0v) is 15.0. The number of hydrogen-bond donors (Lipinski definition) is 3. The second kappa shape index (κ2) is 9.89. The highest BCUT2D eigenvalue weighted by Gasteiger charge is 2.11. The Labute approximate surface area is 153 Å². The van der Waals surface area contributed by atoms with Crippen LogP contribution in [0.1, 0.15) is 36.6 Å². The van der Waals surface area contributed by atoms with Crippen LogP contribution in [-0.4, -0.2) is 23.8 Å². The summed E-state index contributed by atoms with van der Waals surface area (Å²) < 4.78 is 18.8. The molecule has 26 heavy (non-hydrogen) atoms. The van der Waals surface area contributed by atoms with Crippen molar-refractivity contribution in [2.75, 3.05) is 6.54 Å². The fourth-order valence-electron chi connectivity index (χ4n) is 2.39. The lowest BCUT2D eigenvalue weighted by Gasteiger charge is -2.15. The van der Waals surface area contributed by atoms with Crippen LogP contribution in [0.25, 0.3) is 0 Å². The SMILES string of the molecule is CC(C)OCc1ccccc1CNC(=O)NCC(O)c1cccc(F)c1. The molecule has 2 aromatic rings. The van der Waals surface area contributed by atoms with Crippen molar-refractivity contribution in [2.45, 2.75) is 39.2 Å². The number of benzene rings is 2. The summed E-state index contributed by atoms with van der Waals surface area (Å²) >= 11 is 0. The quantitative estimate of drug-likeness (QED) is 0.677. The van der Waals surface area contributed by atoms with E-state index >= 15 is 0 Å². The summed E-state index contributed by atoms with van der Waals surface area (Å²) in [6.45, 7) is 4.76. The Morgan fingerprint density at radius 2 is 1.85 bits per heavy atom. The van der Waals surface area contributed by atoms with E-state index in [4.69, 9.17) is 4.74 Å². The molecule has 2 aromatic carbocycles. The normalized spacial score (nSPS) is 12.0. The van der Waals surface area contributed by atoms with Gasteiger partial charge in [0, 0.05) is 13.1 Å². The molecule has 0 spiro atoms. The predicted octanol–water partition coefficient (Wildman–Crippen LogP) is 3.28. The van der Waals surface area contributed by atoms with Crippen molar-refractivity contribution in [3.05, 3.63) is 71.0 Å². The molecule has 1 atom stereocenters. The van der Waals surface area contributed by atoms with E-state index in [2.05, 4.69) is 10.6 Å². The van der Waals surface area contributed by atoms with Crippen LogP contribution in [0.15, 0.2) is 48.5 Å². The average molecular weight is 360 g/mol. The van der Waals surface area contributed by atoms with E-state index in [1.54, 1.807) is 6.07 Å². The van der Waals surface area contributed by atoms with Crippen molar-refractivity contribution in [3.63, 3.8) is 0 Å². The maximum Gasteiger partial charge on any atom is 0.315 e. The van der Waals surface area contributed by atoms with Gasteiger partial charge in [0.15, 0.2) is 0 Å². The number of rotatable bonds is 8. The third-order valence-electron chi connectivity index (χ3n) is 3.82. The molecule has 1 unspecified atom stereocenters. The molecule has 0 heterocycles. The van der Waals surface area contributed by atoms with E-state index < -0.39 is 18.0 Å². The van der Waals surface area contributed by atoms with Gasteiger partial charge in [-0.15, -0.1) is 0 Å². The van der Waals surface area contributed by atoms with Gasteiger partial charge in [-0.25, -0.2) is 9.18 Å².